The van der Waals surface area contributed by atoms with Gasteiger partial charge < -0.3 is 21.7 Å². The summed E-state index contributed by atoms with van der Waals surface area (Å²) in [6, 6.07) is -0.351. The van der Waals surface area contributed by atoms with Crippen LogP contribution in [-0.2, 0) is 14.6 Å². The molecule has 6 N–H and O–H groups in total. The van der Waals surface area contributed by atoms with Crippen LogP contribution in [0.3, 0.4) is 0 Å². The molecule has 3 aliphatic rings. The lowest BCUT2D eigenvalue weighted by Crippen LogP contribution is -2.60. The maximum Gasteiger partial charge on any atom is 0.280 e. The molecule has 15 heteroatoms. The molecule has 36 heavy (non-hydrogen) atoms. The van der Waals surface area contributed by atoms with Crippen LogP contribution in [0, 0.1) is 5.92 Å². The van der Waals surface area contributed by atoms with E-state index in [1.165, 1.54) is 0 Å². The fraction of sp³-hybridized carbons (Fsp3) is 0.667. The van der Waals surface area contributed by atoms with Crippen LogP contribution in [0.15, 0.2) is 4.99 Å². The Morgan fingerprint density at radius 3 is 2.33 bits per heavy atom. The highest BCUT2D eigenvalue weighted by molar-refractivity contribution is 7.91. The van der Waals surface area contributed by atoms with E-state index in [4.69, 9.17) is 23.1 Å². The van der Waals surface area contributed by atoms with Crippen LogP contribution in [-0.4, -0.2) is 102 Å². The SMILES string of the molecule is CC(C)C(C(=O)N1CCC2(CC1)CN=C(NC(=O)c1nc(Cl)c(N)nc1N)N2)N1CCS(=O)(=O)CC1. The van der Waals surface area contributed by atoms with E-state index in [-0.39, 0.29) is 57.4 Å². The summed E-state index contributed by atoms with van der Waals surface area (Å²) in [7, 11) is -3.02. The number of aliphatic imine (C=N–C) groups is 1. The number of nitrogens with two attached hydrogens (primary N) is 2. The summed E-state index contributed by atoms with van der Waals surface area (Å²) >= 11 is 5.86. The lowest BCUT2D eigenvalue weighted by Gasteiger charge is -2.43. The van der Waals surface area contributed by atoms with E-state index in [1.807, 2.05) is 23.6 Å². The van der Waals surface area contributed by atoms with Gasteiger partial charge in [0.2, 0.25) is 5.91 Å². The Morgan fingerprint density at radius 2 is 1.72 bits per heavy atom. The van der Waals surface area contributed by atoms with Gasteiger partial charge in [-0.3, -0.25) is 24.8 Å². The van der Waals surface area contributed by atoms with E-state index in [0.29, 0.717) is 51.5 Å². The number of sulfone groups is 1. The maximum absolute atomic E-state index is 13.4. The third kappa shape index (κ3) is 5.49. The minimum absolute atomic E-state index is 0.0286. The van der Waals surface area contributed by atoms with Gasteiger partial charge in [0, 0.05) is 26.2 Å². The fourth-order valence-corrected chi connectivity index (χ4v) is 6.26. The maximum atomic E-state index is 13.4. The molecule has 1 spiro atoms. The largest absolute Gasteiger partial charge is 0.382 e. The average Bonchev–Trinajstić information content (AvgIpc) is 3.19. The van der Waals surface area contributed by atoms with Crippen LogP contribution in [0.5, 0.6) is 0 Å². The molecule has 0 aromatic carbocycles. The van der Waals surface area contributed by atoms with Crippen molar-refractivity contribution >= 4 is 50.8 Å². The predicted octanol–water partition coefficient (Wildman–Crippen LogP) is -0.900. The fourth-order valence-electron chi connectivity index (χ4n) is 4.90. The zero-order chi connectivity index (χ0) is 26.3. The predicted molar refractivity (Wildman–Crippen MR) is 136 cm³/mol. The molecule has 13 nitrogen and oxygen atoms in total. The van der Waals surface area contributed by atoms with E-state index in [9.17, 15) is 18.0 Å². The molecule has 1 atom stereocenters. The Hall–Kier alpha value is -2.71. The molecular weight excluding hydrogens is 510 g/mol. The van der Waals surface area contributed by atoms with E-state index in [2.05, 4.69) is 25.6 Å². The summed E-state index contributed by atoms with van der Waals surface area (Å²) in [5.41, 5.74) is 10.8. The van der Waals surface area contributed by atoms with E-state index < -0.39 is 15.7 Å². The van der Waals surface area contributed by atoms with Gasteiger partial charge in [0.15, 0.2) is 38.3 Å². The Bertz CT molecular complexity index is 1170. The van der Waals surface area contributed by atoms with Crippen LogP contribution in [0.2, 0.25) is 5.15 Å². The highest BCUT2D eigenvalue weighted by Crippen LogP contribution is 2.28. The number of anilines is 2. The molecule has 2 saturated heterocycles. The number of halogens is 1. The van der Waals surface area contributed by atoms with Gasteiger partial charge in [0.05, 0.1) is 29.6 Å². The van der Waals surface area contributed by atoms with Gasteiger partial charge in [-0.1, -0.05) is 25.4 Å². The van der Waals surface area contributed by atoms with Crippen molar-refractivity contribution in [1.82, 2.24) is 30.4 Å². The molecule has 2 amide bonds. The van der Waals surface area contributed by atoms with Crippen molar-refractivity contribution in [2.75, 3.05) is 55.7 Å². The molecule has 0 aliphatic carbocycles. The monoisotopic (exact) mass is 541 g/mol. The first-order valence-corrected chi connectivity index (χ1v) is 14.1. The van der Waals surface area contributed by atoms with Crippen molar-refractivity contribution in [3.8, 4) is 0 Å². The van der Waals surface area contributed by atoms with Gasteiger partial charge in [-0.2, -0.15) is 0 Å². The quantitative estimate of drug-likeness (QED) is 0.371. The number of hydrogen-bond donors (Lipinski definition) is 4. The summed E-state index contributed by atoms with van der Waals surface area (Å²) in [6.45, 7) is 6.25. The summed E-state index contributed by atoms with van der Waals surface area (Å²) in [4.78, 5) is 42.0. The summed E-state index contributed by atoms with van der Waals surface area (Å²) in [6.07, 6.45) is 1.30. The number of aromatic nitrogens is 2. The molecule has 0 saturated carbocycles. The minimum atomic E-state index is -3.02. The molecule has 2 fully saturated rings. The molecule has 1 unspecified atom stereocenters. The number of amides is 2. The van der Waals surface area contributed by atoms with Crippen molar-refractivity contribution in [3.63, 3.8) is 0 Å². The summed E-state index contributed by atoms with van der Waals surface area (Å²) in [5.74, 6) is -0.260. The molecule has 3 aliphatic heterocycles. The molecule has 1 aromatic rings. The van der Waals surface area contributed by atoms with Crippen LogP contribution in [0.25, 0.3) is 0 Å². The lowest BCUT2D eigenvalue weighted by molar-refractivity contribution is -0.140. The molecule has 198 valence electrons. The number of rotatable bonds is 4. The summed E-state index contributed by atoms with van der Waals surface area (Å²) < 4.78 is 23.7. The highest BCUT2D eigenvalue weighted by Gasteiger charge is 2.43. The van der Waals surface area contributed by atoms with Gasteiger partial charge in [-0.05, 0) is 18.8 Å². The zero-order valence-electron chi connectivity index (χ0n) is 20.3. The van der Waals surface area contributed by atoms with Gasteiger partial charge in [0.25, 0.3) is 5.91 Å². The van der Waals surface area contributed by atoms with Crippen molar-refractivity contribution < 1.29 is 18.0 Å². The van der Waals surface area contributed by atoms with Gasteiger partial charge in [0.1, 0.15) is 0 Å². The first kappa shape index (κ1) is 26.4. The van der Waals surface area contributed by atoms with E-state index in [0.717, 1.165) is 0 Å². The number of nitrogens with zero attached hydrogens (tertiary/aromatic N) is 5. The Morgan fingerprint density at radius 1 is 1.08 bits per heavy atom. The minimum Gasteiger partial charge on any atom is -0.382 e. The van der Waals surface area contributed by atoms with Crippen LogP contribution >= 0.6 is 11.6 Å². The topological polar surface area (TPSA) is 189 Å². The van der Waals surface area contributed by atoms with Crippen LogP contribution < -0.4 is 22.1 Å². The number of nitrogens with one attached hydrogen (secondary N) is 2. The number of hydrogen-bond acceptors (Lipinski definition) is 11. The van der Waals surface area contributed by atoms with E-state index in [1.54, 1.807) is 0 Å². The molecule has 0 bridgehead atoms. The molecule has 1 aromatic heterocycles. The van der Waals surface area contributed by atoms with Crippen molar-refractivity contribution in [1.29, 1.82) is 0 Å². The number of piperidine rings is 1. The standard InChI is InChI=1S/C21H32ClN9O4S/c1-12(2)14(30-7-9-36(34,35)10-8-30)19(33)31-5-3-21(4-6-31)11-25-20(29-21)28-18(32)13-16(23)27-17(24)15(22)26-13/h12,14H,3-11H2,1-2H3,(H4,23,24,27)(H2,25,28,29,32). The average molecular weight is 542 g/mol. The van der Waals surface area contributed by atoms with Crippen molar-refractivity contribution in [2.24, 2.45) is 10.9 Å². The Labute approximate surface area is 215 Å². The first-order valence-electron chi connectivity index (χ1n) is 11.9. The van der Waals surface area contributed by atoms with Crippen LogP contribution in [0.4, 0.5) is 11.6 Å². The Balaban J connectivity index is 1.33. The van der Waals surface area contributed by atoms with Crippen molar-refractivity contribution in [3.05, 3.63) is 10.8 Å². The number of carbonyl (C=O) groups excluding carboxylic acids is 2. The second-order valence-corrected chi connectivity index (χ2v) is 12.5. The lowest BCUT2D eigenvalue weighted by atomic mass is 9.87. The van der Waals surface area contributed by atoms with Crippen LogP contribution in [0.1, 0.15) is 37.2 Å². The third-order valence-corrected chi connectivity index (χ3v) is 8.85. The number of guanidine groups is 1. The van der Waals surface area contributed by atoms with Gasteiger partial charge >= 0.3 is 0 Å². The van der Waals surface area contributed by atoms with Gasteiger partial charge in [-0.25, -0.2) is 18.4 Å². The number of nitrogen functional groups attached to an aromatic ring is 2. The van der Waals surface area contributed by atoms with Crippen molar-refractivity contribution in [2.45, 2.75) is 38.3 Å². The smallest absolute Gasteiger partial charge is 0.280 e. The second-order valence-electron chi connectivity index (χ2n) is 9.86. The molecule has 4 rings (SSSR count). The summed E-state index contributed by atoms with van der Waals surface area (Å²) in [5, 5.41) is 5.83. The normalized spacial score (nSPS) is 22.2. The number of likely N-dealkylation sites (tertiary alicyclic amines) is 1. The third-order valence-electron chi connectivity index (χ3n) is 6.96. The van der Waals surface area contributed by atoms with Gasteiger partial charge in [-0.15, -0.1) is 0 Å². The zero-order valence-corrected chi connectivity index (χ0v) is 21.9. The molecule has 0 radical (unpaired) electrons. The highest BCUT2D eigenvalue weighted by atomic mass is 35.5. The second kappa shape index (κ2) is 9.98. The first-order chi connectivity index (χ1) is 16.9. The van der Waals surface area contributed by atoms with E-state index >= 15 is 0 Å². The molecule has 4 heterocycles. The number of carbonyl (C=O) groups is 2. The molecular formula is C21H32ClN9O4S. The Kier molecular flexibility index (Phi) is 7.30.